The van der Waals surface area contributed by atoms with E-state index in [1.807, 2.05) is 16.7 Å². The third kappa shape index (κ3) is 2.48. The summed E-state index contributed by atoms with van der Waals surface area (Å²) in [4.78, 5) is 19.3. The van der Waals surface area contributed by atoms with Crippen LogP contribution in [0.2, 0.25) is 5.02 Å². The number of nitrogens with zero attached hydrogens (tertiary/aromatic N) is 3. The van der Waals surface area contributed by atoms with Crippen LogP contribution in [0.15, 0.2) is 36.5 Å². The van der Waals surface area contributed by atoms with E-state index in [0.29, 0.717) is 35.4 Å². The highest BCUT2D eigenvalue weighted by Crippen LogP contribution is 2.37. The van der Waals surface area contributed by atoms with E-state index in [1.165, 1.54) is 12.1 Å². The number of carbonyl (C=O) groups excluding carboxylic acids is 1. The van der Waals surface area contributed by atoms with Crippen LogP contribution in [0.25, 0.3) is 22.2 Å². The van der Waals surface area contributed by atoms with E-state index in [1.54, 1.807) is 24.1 Å². The van der Waals surface area contributed by atoms with Gasteiger partial charge in [0.1, 0.15) is 11.5 Å². The minimum atomic E-state index is -0.544. The number of pyridine rings is 1. The van der Waals surface area contributed by atoms with Crippen molar-refractivity contribution >= 4 is 28.5 Å². The van der Waals surface area contributed by atoms with Crippen molar-refractivity contribution in [1.29, 1.82) is 0 Å². The number of hydrogen-bond donors (Lipinski definition) is 1. The Bertz CT molecular complexity index is 1020. The molecule has 4 rings (SSSR count). The third-order valence-corrected chi connectivity index (χ3v) is 5.16. The number of benzene rings is 1. The van der Waals surface area contributed by atoms with Crippen molar-refractivity contribution in [2.75, 3.05) is 13.2 Å². The lowest BCUT2D eigenvalue weighted by molar-refractivity contribution is 0.0560. The fraction of sp³-hybridized carbons (Fsp3) is 0.263. The van der Waals surface area contributed by atoms with Gasteiger partial charge in [0.15, 0.2) is 0 Å². The molecule has 0 saturated carbocycles. The standard InChI is InChI=1S/C19H17ClFN3O2/c1-11(10-25)23-7-8-24-15-3-2-6-22-17(15)16(18(24)19(23)26)12-4-5-13(20)14(21)9-12/h2-6,9,11,25H,7-8,10H2,1H3/t11-/m1/s1. The molecule has 0 radical (unpaired) electrons. The number of hydrogen-bond acceptors (Lipinski definition) is 3. The Balaban J connectivity index is 2.00. The minimum absolute atomic E-state index is 0.0287. The van der Waals surface area contributed by atoms with Crippen LogP contribution in [0.1, 0.15) is 17.4 Å². The van der Waals surface area contributed by atoms with Gasteiger partial charge in [-0.1, -0.05) is 17.7 Å². The van der Waals surface area contributed by atoms with E-state index in [2.05, 4.69) is 4.98 Å². The Labute approximate surface area is 154 Å². The van der Waals surface area contributed by atoms with Crippen molar-refractivity contribution in [2.24, 2.45) is 0 Å². The highest BCUT2D eigenvalue weighted by molar-refractivity contribution is 6.30. The SMILES string of the molecule is C[C@H](CO)N1CCn2c(c(-c3ccc(Cl)c(F)c3)c3ncccc32)C1=O. The maximum atomic E-state index is 14.1. The van der Waals surface area contributed by atoms with Gasteiger partial charge in [0.2, 0.25) is 0 Å². The Hall–Kier alpha value is -2.44. The van der Waals surface area contributed by atoms with Crippen LogP contribution in [-0.4, -0.2) is 44.7 Å². The summed E-state index contributed by atoms with van der Waals surface area (Å²) >= 11 is 5.82. The predicted octanol–water partition coefficient (Wildman–Crippen LogP) is 3.33. The number of aliphatic hydroxyl groups excluding tert-OH is 1. The fourth-order valence-electron chi connectivity index (χ4n) is 3.52. The van der Waals surface area contributed by atoms with Gasteiger partial charge in [0.05, 0.1) is 28.7 Å². The first-order valence-electron chi connectivity index (χ1n) is 8.37. The third-order valence-electron chi connectivity index (χ3n) is 4.85. The zero-order chi connectivity index (χ0) is 18.4. The Morgan fingerprint density at radius 2 is 2.15 bits per heavy atom. The molecule has 5 nitrogen and oxygen atoms in total. The van der Waals surface area contributed by atoms with Crippen LogP contribution in [0.4, 0.5) is 4.39 Å². The first kappa shape index (κ1) is 17.0. The molecule has 1 atom stereocenters. The van der Waals surface area contributed by atoms with Crippen LogP contribution in [0, 0.1) is 5.82 Å². The lowest BCUT2D eigenvalue weighted by atomic mass is 10.0. The van der Waals surface area contributed by atoms with Gasteiger partial charge in [0, 0.05) is 24.8 Å². The molecule has 0 spiro atoms. The number of rotatable bonds is 3. The molecule has 1 amide bonds. The van der Waals surface area contributed by atoms with E-state index < -0.39 is 5.82 Å². The highest BCUT2D eigenvalue weighted by Gasteiger charge is 2.33. The summed E-state index contributed by atoms with van der Waals surface area (Å²) in [6.45, 7) is 2.77. The van der Waals surface area contributed by atoms with E-state index in [9.17, 15) is 14.3 Å². The zero-order valence-electron chi connectivity index (χ0n) is 14.1. The second-order valence-corrected chi connectivity index (χ2v) is 6.81. The molecule has 134 valence electrons. The molecule has 1 N–H and O–H groups in total. The van der Waals surface area contributed by atoms with E-state index >= 15 is 0 Å². The van der Waals surface area contributed by atoms with Gasteiger partial charge in [-0.25, -0.2) is 4.39 Å². The molecule has 0 bridgehead atoms. The zero-order valence-corrected chi connectivity index (χ0v) is 14.9. The lowest BCUT2D eigenvalue weighted by Gasteiger charge is -2.33. The molecule has 2 aromatic heterocycles. The first-order valence-corrected chi connectivity index (χ1v) is 8.75. The molecular formula is C19H17ClFN3O2. The van der Waals surface area contributed by atoms with Crippen molar-refractivity contribution in [1.82, 2.24) is 14.5 Å². The molecule has 1 aliphatic heterocycles. The van der Waals surface area contributed by atoms with E-state index in [4.69, 9.17) is 11.6 Å². The Morgan fingerprint density at radius 1 is 1.35 bits per heavy atom. The largest absolute Gasteiger partial charge is 0.394 e. The monoisotopic (exact) mass is 373 g/mol. The van der Waals surface area contributed by atoms with Crippen LogP contribution < -0.4 is 0 Å². The van der Waals surface area contributed by atoms with E-state index in [-0.39, 0.29) is 23.6 Å². The van der Waals surface area contributed by atoms with Crippen LogP contribution in [0.5, 0.6) is 0 Å². The van der Waals surface area contributed by atoms with E-state index in [0.717, 1.165) is 5.52 Å². The molecule has 1 aromatic carbocycles. The van der Waals surface area contributed by atoms with Gasteiger partial charge in [-0.3, -0.25) is 9.78 Å². The Kier molecular flexibility index (Phi) is 4.17. The van der Waals surface area contributed by atoms with Crippen LogP contribution in [-0.2, 0) is 6.54 Å². The maximum absolute atomic E-state index is 14.1. The van der Waals surface area contributed by atoms with Gasteiger partial charge in [-0.05, 0) is 36.8 Å². The number of carbonyl (C=O) groups is 1. The summed E-state index contributed by atoms with van der Waals surface area (Å²) in [5.41, 5.74) is 3.09. The molecule has 0 unspecified atom stereocenters. The summed E-state index contributed by atoms with van der Waals surface area (Å²) in [5, 5.41) is 9.50. The number of aromatic nitrogens is 2. The molecular weight excluding hydrogens is 357 g/mol. The summed E-state index contributed by atoms with van der Waals surface area (Å²) < 4.78 is 16.0. The van der Waals surface area contributed by atoms with Crippen molar-refractivity contribution in [3.8, 4) is 11.1 Å². The first-order chi connectivity index (χ1) is 12.5. The Morgan fingerprint density at radius 3 is 2.88 bits per heavy atom. The van der Waals surface area contributed by atoms with Crippen molar-refractivity contribution in [3.05, 3.63) is 53.1 Å². The smallest absolute Gasteiger partial charge is 0.271 e. The average Bonchev–Trinajstić information content (AvgIpc) is 2.99. The van der Waals surface area contributed by atoms with Crippen molar-refractivity contribution in [2.45, 2.75) is 19.5 Å². The molecule has 0 saturated heterocycles. The molecule has 3 aromatic rings. The summed E-state index contributed by atoms with van der Waals surface area (Å²) in [6, 6.07) is 7.92. The summed E-state index contributed by atoms with van der Waals surface area (Å²) in [6.07, 6.45) is 1.66. The molecule has 7 heteroatoms. The molecule has 0 fully saturated rings. The van der Waals surface area contributed by atoms with Gasteiger partial charge in [-0.15, -0.1) is 0 Å². The molecule has 3 heterocycles. The second-order valence-electron chi connectivity index (χ2n) is 6.41. The minimum Gasteiger partial charge on any atom is -0.394 e. The van der Waals surface area contributed by atoms with Crippen LogP contribution in [0.3, 0.4) is 0 Å². The summed E-state index contributed by atoms with van der Waals surface area (Å²) in [5.74, 6) is -0.738. The lowest BCUT2D eigenvalue weighted by Crippen LogP contribution is -2.46. The predicted molar refractivity (Wildman–Crippen MR) is 97.7 cm³/mol. The van der Waals surface area contributed by atoms with Gasteiger partial charge < -0.3 is 14.6 Å². The number of amides is 1. The topological polar surface area (TPSA) is 58.4 Å². The number of halogens is 2. The van der Waals surface area contributed by atoms with Gasteiger partial charge >= 0.3 is 0 Å². The van der Waals surface area contributed by atoms with Crippen molar-refractivity contribution < 1.29 is 14.3 Å². The molecule has 1 aliphatic rings. The second kappa shape index (κ2) is 6.37. The molecule has 26 heavy (non-hydrogen) atoms. The summed E-state index contributed by atoms with van der Waals surface area (Å²) in [7, 11) is 0. The normalized spacial score (nSPS) is 15.4. The van der Waals surface area contributed by atoms with Crippen LogP contribution >= 0.6 is 11.6 Å². The number of aliphatic hydroxyl groups is 1. The molecule has 0 aliphatic carbocycles. The van der Waals surface area contributed by atoms with Gasteiger partial charge in [-0.2, -0.15) is 0 Å². The highest BCUT2D eigenvalue weighted by atomic mass is 35.5. The van der Waals surface area contributed by atoms with Crippen molar-refractivity contribution in [3.63, 3.8) is 0 Å². The fourth-order valence-corrected chi connectivity index (χ4v) is 3.64. The maximum Gasteiger partial charge on any atom is 0.271 e. The number of fused-ring (bicyclic) bond motifs is 3. The quantitative estimate of drug-likeness (QED) is 0.766. The average molecular weight is 374 g/mol. The van der Waals surface area contributed by atoms with Gasteiger partial charge in [0.25, 0.3) is 5.91 Å².